The van der Waals surface area contributed by atoms with Crippen molar-refractivity contribution < 1.29 is 13.9 Å². The van der Waals surface area contributed by atoms with Gasteiger partial charge < -0.3 is 10.1 Å². The molecule has 27 heavy (non-hydrogen) atoms. The van der Waals surface area contributed by atoms with Crippen LogP contribution in [-0.2, 0) is 17.9 Å². The van der Waals surface area contributed by atoms with Crippen molar-refractivity contribution in [2.75, 3.05) is 19.7 Å². The van der Waals surface area contributed by atoms with Gasteiger partial charge in [-0.25, -0.2) is 4.39 Å². The zero-order chi connectivity index (χ0) is 19.1. The average Bonchev–Trinajstić information content (AvgIpc) is 3.16. The number of carbonyl (C=O) groups excluding carboxylic acids is 1. The van der Waals surface area contributed by atoms with E-state index in [0.717, 1.165) is 25.2 Å². The van der Waals surface area contributed by atoms with E-state index in [2.05, 4.69) is 22.3 Å². The van der Waals surface area contributed by atoms with Crippen LogP contribution < -0.4 is 10.1 Å². The van der Waals surface area contributed by atoms with Crippen LogP contribution in [-0.4, -0.2) is 30.5 Å². The number of rotatable bonds is 8. The third kappa shape index (κ3) is 5.94. The molecular weight excluding hydrogens is 367 g/mol. The van der Waals surface area contributed by atoms with Crippen LogP contribution in [0, 0.1) is 5.82 Å². The molecule has 0 aromatic heterocycles. The zero-order valence-electron chi connectivity index (χ0n) is 15.2. The van der Waals surface area contributed by atoms with Gasteiger partial charge in [-0.15, -0.1) is 0 Å². The second-order valence-electron chi connectivity index (χ2n) is 6.70. The molecule has 2 aromatic rings. The summed E-state index contributed by atoms with van der Waals surface area (Å²) >= 11 is 5.90. The second kappa shape index (κ2) is 9.72. The van der Waals surface area contributed by atoms with E-state index in [-0.39, 0.29) is 24.0 Å². The highest BCUT2D eigenvalue weighted by Gasteiger charge is 2.14. The smallest absolute Gasteiger partial charge is 0.223 e. The standard InChI is InChI=1S/C21H24ClFN2O2/c22-19-13-18(23)7-8-20(19)27-12-9-21(26)24-14-16-5-1-2-6-17(16)15-25-10-3-4-11-25/h1-2,5-8,13H,3-4,9-12,14-15H2,(H,24,26). The molecular formula is C21H24ClFN2O2. The molecule has 0 radical (unpaired) electrons. The number of halogens is 2. The maximum Gasteiger partial charge on any atom is 0.223 e. The molecule has 1 saturated heterocycles. The van der Waals surface area contributed by atoms with Gasteiger partial charge in [-0.1, -0.05) is 35.9 Å². The maximum atomic E-state index is 13.0. The summed E-state index contributed by atoms with van der Waals surface area (Å²) in [5, 5.41) is 3.14. The van der Waals surface area contributed by atoms with Crippen molar-refractivity contribution in [3.05, 3.63) is 64.4 Å². The third-order valence-corrected chi connectivity index (χ3v) is 4.96. The van der Waals surface area contributed by atoms with Gasteiger partial charge in [0.25, 0.3) is 0 Å². The quantitative estimate of drug-likeness (QED) is 0.735. The van der Waals surface area contributed by atoms with E-state index in [9.17, 15) is 9.18 Å². The summed E-state index contributed by atoms with van der Waals surface area (Å²) in [6.45, 7) is 3.90. The highest BCUT2D eigenvalue weighted by molar-refractivity contribution is 6.32. The lowest BCUT2D eigenvalue weighted by atomic mass is 10.1. The Labute approximate surface area is 164 Å². The van der Waals surface area contributed by atoms with Gasteiger partial charge in [0.15, 0.2) is 0 Å². The molecule has 0 unspecified atom stereocenters. The Morgan fingerprint density at radius 2 is 1.89 bits per heavy atom. The predicted molar refractivity (Wildman–Crippen MR) is 104 cm³/mol. The van der Waals surface area contributed by atoms with Crippen molar-refractivity contribution in [3.63, 3.8) is 0 Å². The molecule has 144 valence electrons. The van der Waals surface area contributed by atoms with Crippen LogP contribution in [0.2, 0.25) is 5.02 Å². The van der Waals surface area contributed by atoms with E-state index < -0.39 is 5.82 Å². The van der Waals surface area contributed by atoms with Gasteiger partial charge >= 0.3 is 0 Å². The Morgan fingerprint density at radius 3 is 2.63 bits per heavy atom. The first-order valence-electron chi connectivity index (χ1n) is 9.25. The molecule has 0 saturated carbocycles. The lowest BCUT2D eigenvalue weighted by Gasteiger charge is -2.17. The van der Waals surface area contributed by atoms with E-state index in [1.165, 1.54) is 36.6 Å². The minimum Gasteiger partial charge on any atom is -0.491 e. The molecule has 1 aliphatic rings. The average molecular weight is 391 g/mol. The zero-order valence-corrected chi connectivity index (χ0v) is 16.0. The van der Waals surface area contributed by atoms with Crippen LogP contribution in [0.3, 0.4) is 0 Å². The molecule has 1 aliphatic heterocycles. The van der Waals surface area contributed by atoms with E-state index in [1.54, 1.807) is 0 Å². The Kier molecular flexibility index (Phi) is 7.07. The molecule has 0 aliphatic carbocycles. The van der Waals surface area contributed by atoms with Crippen molar-refractivity contribution in [1.82, 2.24) is 10.2 Å². The van der Waals surface area contributed by atoms with Crippen molar-refractivity contribution in [3.8, 4) is 5.75 Å². The molecule has 1 amide bonds. The van der Waals surface area contributed by atoms with Crippen LogP contribution >= 0.6 is 11.6 Å². The topological polar surface area (TPSA) is 41.6 Å². The van der Waals surface area contributed by atoms with E-state index in [0.29, 0.717) is 12.3 Å². The number of nitrogens with zero attached hydrogens (tertiary/aromatic N) is 1. The van der Waals surface area contributed by atoms with Crippen LogP contribution in [0.4, 0.5) is 4.39 Å². The first-order chi connectivity index (χ1) is 13.1. The molecule has 1 N–H and O–H groups in total. The minimum absolute atomic E-state index is 0.0933. The first-order valence-corrected chi connectivity index (χ1v) is 9.63. The van der Waals surface area contributed by atoms with Crippen molar-refractivity contribution in [2.45, 2.75) is 32.4 Å². The minimum atomic E-state index is -0.419. The largest absolute Gasteiger partial charge is 0.491 e. The third-order valence-electron chi connectivity index (χ3n) is 4.67. The van der Waals surface area contributed by atoms with Crippen LogP contribution in [0.25, 0.3) is 0 Å². The summed E-state index contributed by atoms with van der Waals surface area (Å²) < 4.78 is 18.5. The van der Waals surface area contributed by atoms with Gasteiger partial charge in [-0.2, -0.15) is 0 Å². The van der Waals surface area contributed by atoms with Gasteiger partial charge in [0.2, 0.25) is 5.91 Å². The van der Waals surface area contributed by atoms with E-state index >= 15 is 0 Å². The number of hydrogen-bond donors (Lipinski definition) is 1. The summed E-state index contributed by atoms with van der Waals surface area (Å²) in [7, 11) is 0. The fourth-order valence-electron chi connectivity index (χ4n) is 3.19. The number of ether oxygens (including phenoxy) is 1. The summed E-state index contributed by atoms with van der Waals surface area (Å²) in [5.74, 6) is -0.135. The lowest BCUT2D eigenvalue weighted by Crippen LogP contribution is -2.26. The molecule has 0 bridgehead atoms. The molecule has 1 fully saturated rings. The fraction of sp³-hybridized carbons (Fsp3) is 0.381. The number of amides is 1. The lowest BCUT2D eigenvalue weighted by molar-refractivity contribution is -0.121. The van der Waals surface area contributed by atoms with Crippen LogP contribution in [0.1, 0.15) is 30.4 Å². The molecule has 4 nitrogen and oxygen atoms in total. The van der Waals surface area contributed by atoms with Gasteiger partial charge in [-0.3, -0.25) is 9.69 Å². The van der Waals surface area contributed by atoms with Gasteiger partial charge in [0, 0.05) is 13.1 Å². The Morgan fingerprint density at radius 1 is 1.15 bits per heavy atom. The van der Waals surface area contributed by atoms with Crippen molar-refractivity contribution in [1.29, 1.82) is 0 Å². The molecule has 6 heteroatoms. The SMILES string of the molecule is O=C(CCOc1ccc(F)cc1Cl)NCc1ccccc1CN1CCCC1. The molecule has 1 heterocycles. The molecule has 3 rings (SSSR count). The maximum absolute atomic E-state index is 13.0. The second-order valence-corrected chi connectivity index (χ2v) is 7.11. The molecule has 2 aromatic carbocycles. The van der Waals surface area contributed by atoms with E-state index in [4.69, 9.17) is 16.3 Å². The summed E-state index contributed by atoms with van der Waals surface area (Å²) in [6, 6.07) is 12.1. The van der Waals surface area contributed by atoms with Crippen molar-refractivity contribution in [2.24, 2.45) is 0 Å². The Bertz CT molecular complexity index is 779. The number of carbonyl (C=O) groups is 1. The van der Waals surface area contributed by atoms with Gasteiger partial charge in [0.05, 0.1) is 18.1 Å². The molecule has 0 spiro atoms. The Hall–Kier alpha value is -2.11. The predicted octanol–water partition coefficient (Wildman–Crippen LogP) is 4.16. The Balaban J connectivity index is 1.45. The number of benzene rings is 2. The summed E-state index contributed by atoms with van der Waals surface area (Å²) in [5.41, 5.74) is 2.40. The highest BCUT2D eigenvalue weighted by atomic mass is 35.5. The normalized spacial score (nSPS) is 14.3. The van der Waals surface area contributed by atoms with Gasteiger partial charge in [0.1, 0.15) is 11.6 Å². The number of nitrogens with one attached hydrogen (secondary N) is 1. The molecule has 0 atom stereocenters. The number of likely N-dealkylation sites (tertiary alicyclic amines) is 1. The van der Waals surface area contributed by atoms with Gasteiger partial charge in [-0.05, 0) is 55.3 Å². The monoisotopic (exact) mass is 390 g/mol. The van der Waals surface area contributed by atoms with Crippen LogP contribution in [0.15, 0.2) is 42.5 Å². The fourth-order valence-corrected chi connectivity index (χ4v) is 3.42. The highest BCUT2D eigenvalue weighted by Crippen LogP contribution is 2.24. The number of hydrogen-bond acceptors (Lipinski definition) is 3. The van der Waals surface area contributed by atoms with Crippen LogP contribution in [0.5, 0.6) is 5.75 Å². The van der Waals surface area contributed by atoms with Crippen molar-refractivity contribution >= 4 is 17.5 Å². The summed E-state index contributed by atoms with van der Waals surface area (Å²) in [6.07, 6.45) is 2.73. The van der Waals surface area contributed by atoms with E-state index in [1.807, 2.05) is 12.1 Å². The summed E-state index contributed by atoms with van der Waals surface area (Å²) in [4.78, 5) is 14.6. The first kappa shape index (κ1) is 19.6.